The second-order valence-corrected chi connectivity index (χ2v) is 6.36. The predicted molar refractivity (Wildman–Crippen MR) is 81.1 cm³/mol. The van der Waals surface area contributed by atoms with Gasteiger partial charge in [-0.3, -0.25) is 0 Å². The maximum absolute atomic E-state index is 5.53. The van der Waals surface area contributed by atoms with Crippen LogP contribution in [0.25, 0.3) is 0 Å². The van der Waals surface area contributed by atoms with Crippen LogP contribution in [0.15, 0.2) is 11.8 Å². The molecule has 2 aliphatic rings. The number of unbranched alkanes of at least 4 members (excludes halogenated alkanes) is 1. The first-order chi connectivity index (χ1) is 9.35. The Morgan fingerprint density at radius 1 is 1.32 bits per heavy atom. The first kappa shape index (κ1) is 14.9. The Bertz CT molecular complexity index is 279. The van der Waals surface area contributed by atoms with Crippen LogP contribution in [0, 0.1) is 11.8 Å². The predicted octanol–water partition coefficient (Wildman–Crippen LogP) is 4.27. The van der Waals surface area contributed by atoms with Crippen molar-refractivity contribution in [3.05, 3.63) is 11.8 Å². The van der Waals surface area contributed by atoms with E-state index in [1.54, 1.807) is 0 Å². The fraction of sp³-hybridized carbons (Fsp3) is 0.882. The molecule has 0 aromatic heterocycles. The van der Waals surface area contributed by atoms with E-state index < -0.39 is 0 Å². The normalized spacial score (nSPS) is 29.5. The molecule has 19 heavy (non-hydrogen) atoms. The van der Waals surface area contributed by atoms with Gasteiger partial charge in [0.15, 0.2) is 0 Å². The number of hydrogen-bond acceptors (Lipinski definition) is 2. The first-order valence-corrected chi connectivity index (χ1v) is 8.33. The van der Waals surface area contributed by atoms with E-state index in [4.69, 9.17) is 4.74 Å². The SMILES string of the molecule is CCCCC1CCC(C(NC)C2=COCCC2)CC1. The Labute approximate surface area is 119 Å². The Morgan fingerprint density at radius 2 is 2.11 bits per heavy atom. The minimum atomic E-state index is 0.562. The monoisotopic (exact) mass is 265 g/mol. The molecule has 1 atom stereocenters. The van der Waals surface area contributed by atoms with E-state index in [-0.39, 0.29) is 0 Å². The van der Waals surface area contributed by atoms with Crippen LogP contribution in [0.1, 0.15) is 64.7 Å². The van der Waals surface area contributed by atoms with Crippen molar-refractivity contribution in [1.82, 2.24) is 5.32 Å². The van der Waals surface area contributed by atoms with Crippen LogP contribution in [0.2, 0.25) is 0 Å². The number of likely N-dealkylation sites (N-methyl/N-ethyl adjacent to an activating group) is 1. The minimum Gasteiger partial charge on any atom is -0.501 e. The molecule has 1 saturated carbocycles. The molecule has 0 aromatic carbocycles. The third-order valence-corrected chi connectivity index (χ3v) is 5.00. The maximum atomic E-state index is 5.53. The molecule has 2 nitrogen and oxygen atoms in total. The van der Waals surface area contributed by atoms with E-state index in [1.807, 2.05) is 6.26 Å². The summed E-state index contributed by atoms with van der Waals surface area (Å²) in [7, 11) is 2.11. The van der Waals surface area contributed by atoms with Gasteiger partial charge >= 0.3 is 0 Å². The summed E-state index contributed by atoms with van der Waals surface area (Å²) in [5, 5.41) is 3.55. The second kappa shape index (κ2) is 7.94. The van der Waals surface area contributed by atoms with Crippen LogP contribution in [0.5, 0.6) is 0 Å². The summed E-state index contributed by atoms with van der Waals surface area (Å²) in [5.74, 6) is 1.83. The van der Waals surface area contributed by atoms with Crippen molar-refractivity contribution >= 4 is 0 Å². The van der Waals surface area contributed by atoms with Crippen molar-refractivity contribution in [2.24, 2.45) is 11.8 Å². The van der Waals surface area contributed by atoms with Gasteiger partial charge in [0.2, 0.25) is 0 Å². The lowest BCUT2D eigenvalue weighted by atomic mass is 9.75. The molecular formula is C17H31NO. The highest BCUT2D eigenvalue weighted by Crippen LogP contribution is 2.36. The molecule has 1 heterocycles. The fourth-order valence-corrected chi connectivity index (χ4v) is 3.84. The van der Waals surface area contributed by atoms with Gasteiger partial charge in [0.25, 0.3) is 0 Å². The molecule has 2 rings (SSSR count). The number of hydrogen-bond donors (Lipinski definition) is 1. The van der Waals surface area contributed by atoms with Crippen LogP contribution in [0.4, 0.5) is 0 Å². The summed E-state index contributed by atoms with van der Waals surface area (Å²) in [6, 6.07) is 0.562. The average Bonchev–Trinajstić information content (AvgIpc) is 2.48. The zero-order valence-electron chi connectivity index (χ0n) is 12.8. The third kappa shape index (κ3) is 4.24. The lowest BCUT2D eigenvalue weighted by Gasteiger charge is -2.35. The van der Waals surface area contributed by atoms with Gasteiger partial charge < -0.3 is 10.1 Å². The summed E-state index contributed by atoms with van der Waals surface area (Å²) in [4.78, 5) is 0. The quantitative estimate of drug-likeness (QED) is 0.774. The van der Waals surface area contributed by atoms with Crippen LogP contribution >= 0.6 is 0 Å². The highest BCUT2D eigenvalue weighted by Gasteiger charge is 2.29. The minimum absolute atomic E-state index is 0.562. The number of nitrogens with one attached hydrogen (secondary N) is 1. The van der Waals surface area contributed by atoms with Gasteiger partial charge in [-0.2, -0.15) is 0 Å². The molecule has 0 spiro atoms. The third-order valence-electron chi connectivity index (χ3n) is 5.00. The highest BCUT2D eigenvalue weighted by molar-refractivity contribution is 5.12. The van der Waals surface area contributed by atoms with E-state index >= 15 is 0 Å². The Morgan fingerprint density at radius 3 is 2.68 bits per heavy atom. The van der Waals surface area contributed by atoms with Crippen LogP contribution in [-0.2, 0) is 4.74 Å². The van der Waals surface area contributed by atoms with Crippen molar-refractivity contribution < 1.29 is 4.74 Å². The van der Waals surface area contributed by atoms with Gasteiger partial charge in [-0.15, -0.1) is 0 Å². The van der Waals surface area contributed by atoms with E-state index in [9.17, 15) is 0 Å². The Kier molecular flexibility index (Phi) is 6.22. The molecule has 0 aromatic rings. The molecule has 0 saturated heterocycles. The molecular weight excluding hydrogens is 234 g/mol. The Balaban J connectivity index is 1.82. The second-order valence-electron chi connectivity index (χ2n) is 6.36. The Hall–Kier alpha value is -0.500. The molecule has 1 unspecified atom stereocenters. The van der Waals surface area contributed by atoms with Gasteiger partial charge in [-0.25, -0.2) is 0 Å². The lowest BCUT2D eigenvalue weighted by Crippen LogP contribution is -2.38. The zero-order chi connectivity index (χ0) is 13.5. The summed E-state index contributed by atoms with van der Waals surface area (Å²) < 4.78 is 5.53. The van der Waals surface area contributed by atoms with Gasteiger partial charge in [-0.1, -0.05) is 39.0 Å². The summed E-state index contributed by atoms with van der Waals surface area (Å²) >= 11 is 0. The van der Waals surface area contributed by atoms with Gasteiger partial charge in [0, 0.05) is 6.04 Å². The summed E-state index contributed by atoms with van der Waals surface area (Å²) in [6.07, 6.45) is 14.4. The lowest BCUT2D eigenvalue weighted by molar-refractivity contribution is 0.196. The van der Waals surface area contributed by atoms with E-state index in [2.05, 4.69) is 19.3 Å². The van der Waals surface area contributed by atoms with E-state index in [0.29, 0.717) is 6.04 Å². The van der Waals surface area contributed by atoms with E-state index in [0.717, 1.165) is 18.4 Å². The molecule has 1 fully saturated rings. The molecule has 1 aliphatic carbocycles. The number of rotatable bonds is 6. The molecule has 0 amide bonds. The highest BCUT2D eigenvalue weighted by atomic mass is 16.5. The molecule has 0 radical (unpaired) electrons. The van der Waals surface area contributed by atoms with E-state index in [1.165, 1.54) is 63.4 Å². The molecule has 2 heteroatoms. The van der Waals surface area contributed by atoms with Crippen molar-refractivity contribution in [2.45, 2.75) is 70.8 Å². The van der Waals surface area contributed by atoms with Crippen molar-refractivity contribution in [1.29, 1.82) is 0 Å². The van der Waals surface area contributed by atoms with Crippen LogP contribution in [-0.4, -0.2) is 19.7 Å². The van der Waals surface area contributed by atoms with Gasteiger partial charge in [0.05, 0.1) is 12.9 Å². The smallest absolute Gasteiger partial charge is 0.0876 e. The standard InChI is InChI=1S/C17H31NO/c1-3-4-6-14-8-10-15(11-9-14)17(18-2)16-7-5-12-19-13-16/h13-15,17-18H,3-12H2,1-2H3. The zero-order valence-corrected chi connectivity index (χ0v) is 12.8. The van der Waals surface area contributed by atoms with Crippen LogP contribution < -0.4 is 5.32 Å². The first-order valence-electron chi connectivity index (χ1n) is 8.33. The van der Waals surface area contributed by atoms with Crippen molar-refractivity contribution in [3.8, 4) is 0 Å². The molecule has 110 valence electrons. The largest absolute Gasteiger partial charge is 0.501 e. The molecule has 0 bridgehead atoms. The van der Waals surface area contributed by atoms with Gasteiger partial charge in [-0.05, 0) is 50.1 Å². The van der Waals surface area contributed by atoms with Gasteiger partial charge in [0.1, 0.15) is 0 Å². The number of ether oxygens (including phenoxy) is 1. The van der Waals surface area contributed by atoms with Crippen molar-refractivity contribution in [3.63, 3.8) is 0 Å². The summed E-state index contributed by atoms with van der Waals surface area (Å²) in [5.41, 5.74) is 1.51. The fourth-order valence-electron chi connectivity index (χ4n) is 3.84. The summed E-state index contributed by atoms with van der Waals surface area (Å²) in [6.45, 7) is 3.21. The maximum Gasteiger partial charge on any atom is 0.0876 e. The average molecular weight is 265 g/mol. The molecule has 1 aliphatic heterocycles. The topological polar surface area (TPSA) is 21.3 Å². The van der Waals surface area contributed by atoms with Crippen LogP contribution in [0.3, 0.4) is 0 Å². The molecule has 1 N–H and O–H groups in total. The van der Waals surface area contributed by atoms with Crippen molar-refractivity contribution in [2.75, 3.05) is 13.7 Å².